The normalized spacial score (nSPS) is 16.3. The minimum absolute atomic E-state index is 0. The van der Waals surface area contributed by atoms with Crippen molar-refractivity contribution < 1.29 is 28.8 Å². The zero-order chi connectivity index (χ0) is 10.8. The summed E-state index contributed by atoms with van der Waals surface area (Å²) in [5.74, 6) is -1.01. The number of pyridine rings is 1. The van der Waals surface area contributed by atoms with Crippen molar-refractivity contribution in [2.75, 3.05) is 0 Å². The number of hydrogen-bond acceptors (Lipinski definition) is 3. The van der Waals surface area contributed by atoms with Crippen LogP contribution in [0.1, 0.15) is 30.9 Å². The number of nitrogens with zero attached hydrogens (tertiary/aromatic N) is 1. The van der Waals surface area contributed by atoms with Crippen LogP contribution in [0.25, 0.3) is 0 Å². The number of carboxylic acid groups (broad SMARTS) is 1. The van der Waals surface area contributed by atoms with Gasteiger partial charge in [0.2, 0.25) is 0 Å². The maximum Gasteiger partial charge on any atom is 1.00 e. The van der Waals surface area contributed by atoms with E-state index in [4.69, 9.17) is 0 Å². The Morgan fingerprint density at radius 2 is 2.25 bits per heavy atom. The Hall–Kier alpha value is -0.303. The Morgan fingerprint density at radius 3 is 2.69 bits per heavy atom. The van der Waals surface area contributed by atoms with Crippen molar-refractivity contribution in [1.29, 1.82) is 0 Å². The van der Waals surface area contributed by atoms with Gasteiger partial charge in [-0.25, -0.2) is 0 Å². The molecule has 1 aromatic heterocycles. The third-order valence-corrected chi connectivity index (χ3v) is 3.13. The summed E-state index contributed by atoms with van der Waals surface area (Å²) in [5.41, 5.74) is 0.602. The molecule has 1 heterocycles. The second kappa shape index (κ2) is 5.86. The maximum atomic E-state index is 11.0. The van der Waals surface area contributed by atoms with Crippen LogP contribution >= 0.6 is 15.9 Å². The van der Waals surface area contributed by atoms with Crippen molar-refractivity contribution in [1.82, 2.24) is 4.98 Å². The van der Waals surface area contributed by atoms with E-state index in [1.807, 2.05) is 6.07 Å². The number of aliphatic carboxylic acids is 1. The van der Waals surface area contributed by atoms with Crippen LogP contribution in [0.15, 0.2) is 22.8 Å². The van der Waals surface area contributed by atoms with E-state index in [9.17, 15) is 9.90 Å². The Balaban J connectivity index is 0.00000128. The van der Waals surface area contributed by atoms with Gasteiger partial charge >= 0.3 is 18.9 Å². The molecule has 1 aliphatic rings. The average molecular weight is 276 g/mol. The second-order valence-corrected chi connectivity index (χ2v) is 4.87. The molecule has 1 unspecified atom stereocenters. The molecule has 1 atom stereocenters. The summed E-state index contributed by atoms with van der Waals surface area (Å²) in [6.45, 7) is 0. The predicted molar refractivity (Wildman–Crippen MR) is 57.0 cm³/mol. The van der Waals surface area contributed by atoms with Gasteiger partial charge in [0, 0.05) is 22.3 Å². The van der Waals surface area contributed by atoms with Gasteiger partial charge in [-0.15, -0.1) is 0 Å². The fraction of sp³-hybridized carbons (Fsp3) is 0.455. The van der Waals surface area contributed by atoms with E-state index in [0.717, 1.165) is 17.3 Å². The fourth-order valence-corrected chi connectivity index (χ4v) is 1.85. The van der Waals surface area contributed by atoms with Gasteiger partial charge in [0.1, 0.15) is 0 Å². The van der Waals surface area contributed by atoms with Crippen LogP contribution in [-0.4, -0.2) is 11.0 Å². The molecule has 0 aromatic carbocycles. The van der Waals surface area contributed by atoms with Gasteiger partial charge in [0.05, 0.1) is 5.97 Å². The molecule has 0 N–H and O–H groups in total. The average Bonchev–Trinajstić information content (AvgIpc) is 2.99. The monoisotopic (exact) mass is 275 g/mol. The number of carboxylic acids is 1. The number of rotatable bonds is 4. The summed E-state index contributed by atoms with van der Waals surface area (Å²) in [6.07, 6.45) is 4.57. The largest absolute Gasteiger partial charge is 1.00 e. The third-order valence-electron chi connectivity index (χ3n) is 2.66. The molecular weight excluding hydrogens is 265 g/mol. The first-order chi connectivity index (χ1) is 7.16. The molecule has 16 heavy (non-hydrogen) atoms. The fourth-order valence-electron chi connectivity index (χ4n) is 1.62. The summed E-state index contributed by atoms with van der Waals surface area (Å²) in [4.78, 5) is 15.1. The Bertz CT molecular complexity index is 365. The molecule has 5 heteroatoms. The standard InChI is InChI=1S/C11H12BrNO2.Li/c12-8-3-4-10(13-6-8)9(11(14)15)5-7-1-2-7;/h3-4,6-7,9H,1-2,5H2,(H,14,15);/q;+1/p-1. The quantitative estimate of drug-likeness (QED) is 0.628. The van der Waals surface area contributed by atoms with E-state index >= 15 is 0 Å². The number of halogens is 1. The van der Waals surface area contributed by atoms with Gasteiger partial charge in [-0.3, -0.25) is 4.98 Å². The van der Waals surface area contributed by atoms with Crippen molar-refractivity contribution in [3.63, 3.8) is 0 Å². The summed E-state index contributed by atoms with van der Waals surface area (Å²) in [5, 5.41) is 11.0. The smallest absolute Gasteiger partial charge is 0.549 e. The first-order valence-corrected chi connectivity index (χ1v) is 5.78. The van der Waals surface area contributed by atoms with Crippen molar-refractivity contribution in [2.45, 2.75) is 25.2 Å². The second-order valence-electron chi connectivity index (χ2n) is 3.95. The van der Waals surface area contributed by atoms with Crippen molar-refractivity contribution in [3.05, 3.63) is 28.5 Å². The van der Waals surface area contributed by atoms with Crippen molar-refractivity contribution >= 4 is 21.9 Å². The minimum atomic E-state index is -1.02. The minimum Gasteiger partial charge on any atom is -0.549 e. The van der Waals surface area contributed by atoms with Crippen LogP contribution in [0.4, 0.5) is 0 Å². The maximum absolute atomic E-state index is 11.0. The third kappa shape index (κ3) is 3.62. The molecule has 0 saturated heterocycles. The van der Waals surface area contributed by atoms with Crippen LogP contribution in [-0.2, 0) is 4.79 Å². The molecule has 80 valence electrons. The first kappa shape index (κ1) is 13.8. The predicted octanol–water partition coefficient (Wildman–Crippen LogP) is -1.52. The molecular formula is C11H11BrLiNO2. The molecule has 2 rings (SSSR count). The van der Waals surface area contributed by atoms with E-state index in [-0.39, 0.29) is 18.9 Å². The molecule has 0 spiro atoms. The van der Waals surface area contributed by atoms with Gasteiger partial charge in [0.15, 0.2) is 0 Å². The van der Waals surface area contributed by atoms with E-state index in [1.165, 1.54) is 0 Å². The van der Waals surface area contributed by atoms with Crippen LogP contribution in [0.3, 0.4) is 0 Å². The SMILES string of the molecule is O=C([O-])C(CC1CC1)c1ccc(Br)cn1.[Li+]. The topological polar surface area (TPSA) is 53.0 Å². The summed E-state index contributed by atoms with van der Waals surface area (Å²) in [7, 11) is 0. The molecule has 1 fully saturated rings. The van der Waals surface area contributed by atoms with Gasteiger partial charge in [-0.1, -0.05) is 12.8 Å². The summed E-state index contributed by atoms with van der Waals surface area (Å²) < 4.78 is 0.856. The number of aromatic nitrogens is 1. The molecule has 1 saturated carbocycles. The van der Waals surface area contributed by atoms with Crippen LogP contribution in [0.5, 0.6) is 0 Å². The van der Waals surface area contributed by atoms with E-state index in [0.29, 0.717) is 18.0 Å². The molecule has 1 aliphatic carbocycles. The van der Waals surface area contributed by atoms with Crippen LogP contribution in [0.2, 0.25) is 0 Å². The molecule has 0 radical (unpaired) electrons. The molecule has 0 amide bonds. The summed E-state index contributed by atoms with van der Waals surface area (Å²) in [6, 6.07) is 3.55. The van der Waals surface area contributed by atoms with E-state index in [2.05, 4.69) is 20.9 Å². The number of carbonyl (C=O) groups is 1. The Labute approximate surface area is 115 Å². The Kier molecular flexibility index (Phi) is 5.04. The molecule has 3 nitrogen and oxygen atoms in total. The first-order valence-electron chi connectivity index (χ1n) is 4.99. The van der Waals surface area contributed by atoms with Crippen molar-refractivity contribution in [3.8, 4) is 0 Å². The Morgan fingerprint density at radius 1 is 1.56 bits per heavy atom. The summed E-state index contributed by atoms with van der Waals surface area (Å²) >= 11 is 3.27. The van der Waals surface area contributed by atoms with Crippen molar-refractivity contribution in [2.24, 2.45) is 5.92 Å². The van der Waals surface area contributed by atoms with E-state index < -0.39 is 11.9 Å². The molecule has 0 aliphatic heterocycles. The zero-order valence-corrected chi connectivity index (χ0v) is 10.7. The van der Waals surface area contributed by atoms with E-state index in [1.54, 1.807) is 12.3 Å². The number of carbonyl (C=O) groups excluding carboxylic acids is 1. The molecule has 0 bridgehead atoms. The number of hydrogen-bond donors (Lipinski definition) is 0. The molecule has 1 aromatic rings. The van der Waals surface area contributed by atoms with Gasteiger partial charge in [-0.2, -0.15) is 0 Å². The van der Waals surface area contributed by atoms with Gasteiger partial charge in [0.25, 0.3) is 0 Å². The van der Waals surface area contributed by atoms with Gasteiger partial charge < -0.3 is 9.90 Å². The van der Waals surface area contributed by atoms with Crippen LogP contribution in [0, 0.1) is 5.92 Å². The van der Waals surface area contributed by atoms with Gasteiger partial charge in [-0.05, 0) is 40.4 Å². The van der Waals surface area contributed by atoms with Crippen LogP contribution < -0.4 is 24.0 Å². The zero-order valence-electron chi connectivity index (χ0n) is 9.15.